The third-order valence-corrected chi connectivity index (χ3v) is 6.51. The number of amides is 1. The van der Waals surface area contributed by atoms with E-state index in [2.05, 4.69) is 32.0 Å². The van der Waals surface area contributed by atoms with Crippen LogP contribution in [0.5, 0.6) is 0 Å². The lowest BCUT2D eigenvalue weighted by Gasteiger charge is -2.36. The average Bonchev–Trinajstić information content (AvgIpc) is 3.32. The van der Waals surface area contributed by atoms with Crippen molar-refractivity contribution in [2.75, 3.05) is 37.7 Å². The van der Waals surface area contributed by atoms with Gasteiger partial charge in [-0.15, -0.1) is 11.3 Å². The summed E-state index contributed by atoms with van der Waals surface area (Å²) < 4.78 is 6.31. The molecule has 1 aliphatic heterocycles. The molecule has 1 saturated heterocycles. The Kier molecular flexibility index (Phi) is 5.95. The highest BCUT2D eigenvalue weighted by Crippen LogP contribution is 2.30. The average molecular weight is 460 g/mol. The highest BCUT2D eigenvalue weighted by molar-refractivity contribution is 7.21. The SMILES string of the molecule is O=C(OCC(=O)N1CCN(c2ccccc2)CC1)c1nccnc1-c1nc2ccccc2s1. The number of hydrogen-bond donors (Lipinski definition) is 0. The van der Waals surface area contributed by atoms with Crippen LogP contribution in [-0.4, -0.2) is 64.5 Å². The fraction of sp³-hybridized carbons (Fsp3) is 0.208. The van der Waals surface area contributed by atoms with Crippen molar-refractivity contribution in [1.82, 2.24) is 19.9 Å². The molecule has 3 heterocycles. The van der Waals surface area contributed by atoms with Gasteiger partial charge in [-0.3, -0.25) is 4.79 Å². The molecule has 0 atom stereocenters. The summed E-state index contributed by atoms with van der Waals surface area (Å²) in [6.45, 7) is 2.28. The number of esters is 1. The zero-order valence-electron chi connectivity index (χ0n) is 17.8. The third kappa shape index (κ3) is 4.54. The van der Waals surface area contributed by atoms with Gasteiger partial charge in [-0.25, -0.2) is 19.7 Å². The molecule has 166 valence electrons. The van der Waals surface area contributed by atoms with Crippen LogP contribution in [0.2, 0.25) is 0 Å². The molecule has 1 amide bonds. The van der Waals surface area contributed by atoms with E-state index in [-0.39, 0.29) is 18.2 Å². The van der Waals surface area contributed by atoms with Crippen LogP contribution in [0.1, 0.15) is 10.5 Å². The van der Waals surface area contributed by atoms with Gasteiger partial charge < -0.3 is 14.5 Å². The van der Waals surface area contributed by atoms with Crippen molar-refractivity contribution in [3.63, 3.8) is 0 Å². The Bertz CT molecular complexity index is 1250. The maximum atomic E-state index is 12.8. The lowest BCUT2D eigenvalue weighted by atomic mass is 10.2. The number of para-hydroxylation sites is 2. The van der Waals surface area contributed by atoms with E-state index in [1.807, 2.05) is 42.5 Å². The molecule has 9 heteroatoms. The zero-order chi connectivity index (χ0) is 22.6. The lowest BCUT2D eigenvalue weighted by Crippen LogP contribution is -2.49. The Labute approximate surface area is 194 Å². The first-order valence-electron chi connectivity index (χ1n) is 10.6. The normalized spacial score (nSPS) is 13.8. The number of thiazole rings is 1. The number of carbonyl (C=O) groups is 2. The van der Waals surface area contributed by atoms with E-state index in [0.717, 1.165) is 29.0 Å². The van der Waals surface area contributed by atoms with Crippen LogP contribution in [0, 0.1) is 0 Å². The summed E-state index contributed by atoms with van der Waals surface area (Å²) in [4.78, 5) is 42.4. The summed E-state index contributed by atoms with van der Waals surface area (Å²) in [5.74, 6) is -0.907. The number of hydrogen-bond acceptors (Lipinski definition) is 8. The topological polar surface area (TPSA) is 88.5 Å². The van der Waals surface area contributed by atoms with Crippen LogP contribution in [0.15, 0.2) is 67.0 Å². The van der Waals surface area contributed by atoms with E-state index in [9.17, 15) is 9.59 Å². The van der Waals surface area contributed by atoms with E-state index in [1.54, 1.807) is 4.90 Å². The van der Waals surface area contributed by atoms with Crippen LogP contribution in [0.25, 0.3) is 20.9 Å². The van der Waals surface area contributed by atoms with Gasteiger partial charge in [0.25, 0.3) is 5.91 Å². The summed E-state index contributed by atoms with van der Waals surface area (Å²) in [7, 11) is 0. The molecule has 1 aliphatic rings. The summed E-state index contributed by atoms with van der Waals surface area (Å²) in [6.07, 6.45) is 2.94. The van der Waals surface area contributed by atoms with Gasteiger partial charge in [-0.1, -0.05) is 30.3 Å². The molecule has 0 radical (unpaired) electrons. The number of fused-ring (bicyclic) bond motifs is 1. The van der Waals surface area contributed by atoms with Gasteiger partial charge in [-0.05, 0) is 24.3 Å². The van der Waals surface area contributed by atoms with Crippen molar-refractivity contribution in [2.24, 2.45) is 0 Å². The molecule has 4 aromatic rings. The number of rotatable bonds is 5. The molecule has 0 spiro atoms. The van der Waals surface area contributed by atoms with Gasteiger partial charge in [0.1, 0.15) is 10.7 Å². The molecule has 0 bridgehead atoms. The molecule has 0 unspecified atom stereocenters. The van der Waals surface area contributed by atoms with E-state index in [1.165, 1.54) is 23.7 Å². The quantitative estimate of drug-likeness (QED) is 0.423. The smallest absolute Gasteiger partial charge is 0.359 e. The van der Waals surface area contributed by atoms with Gasteiger partial charge in [0.2, 0.25) is 0 Å². The van der Waals surface area contributed by atoms with Crippen LogP contribution in [0.3, 0.4) is 0 Å². The van der Waals surface area contributed by atoms with Crippen LogP contribution in [-0.2, 0) is 9.53 Å². The maximum absolute atomic E-state index is 12.8. The molecule has 33 heavy (non-hydrogen) atoms. The fourth-order valence-corrected chi connectivity index (χ4v) is 4.72. The molecular formula is C24H21N5O3S. The molecule has 0 saturated carbocycles. The minimum absolute atomic E-state index is 0.0539. The van der Waals surface area contributed by atoms with E-state index in [0.29, 0.717) is 23.8 Å². The molecule has 5 rings (SSSR count). The summed E-state index contributed by atoms with van der Waals surface area (Å²) >= 11 is 1.43. The number of carbonyl (C=O) groups excluding carboxylic acids is 2. The second-order valence-electron chi connectivity index (χ2n) is 7.52. The van der Waals surface area contributed by atoms with Gasteiger partial charge >= 0.3 is 5.97 Å². The van der Waals surface area contributed by atoms with Crippen molar-refractivity contribution < 1.29 is 14.3 Å². The summed E-state index contributed by atoms with van der Waals surface area (Å²) in [6, 6.07) is 17.8. The predicted octanol–water partition coefficient (Wildman–Crippen LogP) is 3.26. The Morgan fingerprint density at radius 1 is 0.909 bits per heavy atom. The second-order valence-corrected chi connectivity index (χ2v) is 8.55. The first-order valence-corrected chi connectivity index (χ1v) is 11.4. The highest BCUT2D eigenvalue weighted by atomic mass is 32.1. The minimum Gasteiger partial charge on any atom is -0.451 e. The van der Waals surface area contributed by atoms with Crippen molar-refractivity contribution >= 4 is 39.1 Å². The second kappa shape index (κ2) is 9.33. The van der Waals surface area contributed by atoms with E-state index >= 15 is 0 Å². The molecule has 8 nitrogen and oxygen atoms in total. The van der Waals surface area contributed by atoms with Gasteiger partial charge in [0.15, 0.2) is 12.3 Å². The molecule has 0 aliphatic carbocycles. The van der Waals surface area contributed by atoms with E-state index < -0.39 is 5.97 Å². The number of benzene rings is 2. The third-order valence-electron chi connectivity index (χ3n) is 5.47. The molecular weight excluding hydrogens is 438 g/mol. The van der Waals surface area contributed by atoms with Crippen molar-refractivity contribution in [3.8, 4) is 10.7 Å². The molecule has 2 aromatic heterocycles. The highest BCUT2D eigenvalue weighted by Gasteiger charge is 2.24. The van der Waals surface area contributed by atoms with Crippen molar-refractivity contribution in [2.45, 2.75) is 0 Å². The van der Waals surface area contributed by atoms with E-state index in [4.69, 9.17) is 4.74 Å². The fourth-order valence-electron chi connectivity index (χ4n) is 3.76. The Balaban J connectivity index is 1.22. The molecule has 1 fully saturated rings. The van der Waals surface area contributed by atoms with Gasteiger partial charge in [0, 0.05) is 44.3 Å². The first kappa shape index (κ1) is 21.0. The zero-order valence-corrected chi connectivity index (χ0v) is 18.6. The van der Waals surface area contributed by atoms with Gasteiger partial charge in [0.05, 0.1) is 10.2 Å². The number of ether oxygens (including phenoxy) is 1. The lowest BCUT2D eigenvalue weighted by molar-refractivity contribution is -0.134. The molecule has 0 N–H and O–H groups in total. The van der Waals surface area contributed by atoms with Crippen LogP contribution >= 0.6 is 11.3 Å². The molecule has 2 aromatic carbocycles. The number of anilines is 1. The summed E-state index contributed by atoms with van der Waals surface area (Å²) in [5, 5.41) is 0.583. The largest absolute Gasteiger partial charge is 0.451 e. The number of aromatic nitrogens is 3. The van der Waals surface area contributed by atoms with Crippen LogP contribution < -0.4 is 4.90 Å². The monoisotopic (exact) mass is 459 g/mol. The van der Waals surface area contributed by atoms with Crippen molar-refractivity contribution in [1.29, 1.82) is 0 Å². The summed E-state index contributed by atoms with van der Waals surface area (Å²) in [5.41, 5.74) is 2.37. The van der Waals surface area contributed by atoms with Crippen molar-refractivity contribution in [3.05, 3.63) is 72.7 Å². The predicted molar refractivity (Wildman–Crippen MR) is 126 cm³/mol. The first-order chi connectivity index (χ1) is 16.2. The van der Waals surface area contributed by atoms with Gasteiger partial charge in [-0.2, -0.15) is 0 Å². The van der Waals surface area contributed by atoms with Crippen LogP contribution in [0.4, 0.5) is 5.69 Å². The Hall–Kier alpha value is -3.85. The minimum atomic E-state index is -0.686. The standard InChI is InChI=1S/C24H21N5O3S/c30-20(29-14-12-28(13-15-29)17-6-2-1-3-7-17)16-32-24(31)22-21(25-10-11-26-22)23-27-18-8-4-5-9-19(18)33-23/h1-11H,12-16H2. The Morgan fingerprint density at radius 3 is 2.42 bits per heavy atom. The maximum Gasteiger partial charge on any atom is 0.359 e. The number of piperazine rings is 1. The Morgan fingerprint density at radius 2 is 1.64 bits per heavy atom. The number of nitrogens with zero attached hydrogens (tertiary/aromatic N) is 5.